The highest BCUT2D eigenvalue weighted by Gasteiger charge is 2.33. The van der Waals surface area contributed by atoms with Crippen LogP contribution < -0.4 is 5.32 Å². The lowest BCUT2D eigenvalue weighted by Crippen LogP contribution is -2.38. The van der Waals surface area contributed by atoms with Crippen LogP contribution in [-0.4, -0.2) is 17.2 Å². The van der Waals surface area contributed by atoms with Gasteiger partial charge in [-0.2, -0.15) is 0 Å². The zero-order valence-electron chi connectivity index (χ0n) is 9.52. The van der Waals surface area contributed by atoms with Gasteiger partial charge in [-0.25, -0.2) is 0 Å². The van der Waals surface area contributed by atoms with Crippen molar-refractivity contribution in [1.82, 2.24) is 5.32 Å². The van der Waals surface area contributed by atoms with Crippen LogP contribution >= 0.6 is 0 Å². The topological polar surface area (TPSA) is 32.3 Å². The Kier molecular flexibility index (Phi) is 2.60. The Morgan fingerprint density at radius 3 is 2.50 bits per heavy atom. The molecule has 86 valence electrons. The van der Waals surface area contributed by atoms with E-state index in [0.29, 0.717) is 5.75 Å². The monoisotopic (exact) mass is 217 g/mol. The summed E-state index contributed by atoms with van der Waals surface area (Å²) >= 11 is 0. The molecule has 2 bridgehead atoms. The Labute approximate surface area is 96.7 Å². The summed E-state index contributed by atoms with van der Waals surface area (Å²) in [7, 11) is 0. The molecule has 0 aromatic heterocycles. The number of fused-ring (bicyclic) bond motifs is 2. The van der Waals surface area contributed by atoms with E-state index in [2.05, 4.69) is 11.4 Å². The first-order valence-electron chi connectivity index (χ1n) is 6.34. The van der Waals surface area contributed by atoms with Gasteiger partial charge in [-0.15, -0.1) is 0 Å². The SMILES string of the molecule is Oc1ccccc1CC1CC2CCC(C1)N2. The van der Waals surface area contributed by atoms with Gasteiger partial charge < -0.3 is 10.4 Å². The number of piperidine rings is 1. The summed E-state index contributed by atoms with van der Waals surface area (Å²) in [6.45, 7) is 0. The second-order valence-corrected chi connectivity index (χ2v) is 5.31. The molecule has 2 heteroatoms. The third-order valence-electron chi connectivity index (χ3n) is 4.07. The third kappa shape index (κ3) is 1.94. The van der Waals surface area contributed by atoms with Crippen molar-refractivity contribution in [1.29, 1.82) is 0 Å². The fraction of sp³-hybridized carbons (Fsp3) is 0.571. The predicted molar refractivity (Wildman–Crippen MR) is 64.5 cm³/mol. The molecule has 2 nitrogen and oxygen atoms in total. The average molecular weight is 217 g/mol. The number of rotatable bonds is 2. The predicted octanol–water partition coefficient (Wildman–Crippen LogP) is 2.47. The van der Waals surface area contributed by atoms with Gasteiger partial charge in [0, 0.05) is 12.1 Å². The number of phenols is 1. The van der Waals surface area contributed by atoms with Crippen molar-refractivity contribution in [2.45, 2.75) is 44.2 Å². The van der Waals surface area contributed by atoms with Crippen molar-refractivity contribution in [2.75, 3.05) is 0 Å². The molecule has 0 spiro atoms. The van der Waals surface area contributed by atoms with Crippen molar-refractivity contribution in [3.05, 3.63) is 29.8 Å². The number of nitrogens with one attached hydrogen (secondary N) is 1. The molecule has 2 aliphatic rings. The highest BCUT2D eigenvalue weighted by Crippen LogP contribution is 2.34. The van der Waals surface area contributed by atoms with Crippen molar-refractivity contribution < 1.29 is 5.11 Å². The van der Waals surface area contributed by atoms with Gasteiger partial charge in [0.05, 0.1) is 0 Å². The Hall–Kier alpha value is -1.02. The largest absolute Gasteiger partial charge is 0.508 e. The van der Waals surface area contributed by atoms with Crippen LogP contribution in [-0.2, 0) is 6.42 Å². The molecule has 0 aliphatic carbocycles. The molecule has 2 aliphatic heterocycles. The van der Waals surface area contributed by atoms with E-state index in [1.165, 1.54) is 25.7 Å². The number of aromatic hydroxyl groups is 1. The third-order valence-corrected chi connectivity index (χ3v) is 4.07. The molecule has 2 unspecified atom stereocenters. The maximum atomic E-state index is 9.77. The van der Waals surface area contributed by atoms with Gasteiger partial charge in [-0.1, -0.05) is 18.2 Å². The molecule has 0 saturated carbocycles. The molecule has 3 rings (SSSR count). The number of para-hydroxylation sites is 1. The highest BCUT2D eigenvalue weighted by molar-refractivity contribution is 5.32. The lowest BCUT2D eigenvalue weighted by molar-refractivity contribution is 0.296. The van der Waals surface area contributed by atoms with Crippen LogP contribution in [0.3, 0.4) is 0 Å². The van der Waals surface area contributed by atoms with Crippen LogP contribution in [0.25, 0.3) is 0 Å². The highest BCUT2D eigenvalue weighted by atomic mass is 16.3. The van der Waals surface area contributed by atoms with Crippen molar-refractivity contribution in [2.24, 2.45) is 5.92 Å². The number of benzene rings is 1. The zero-order valence-corrected chi connectivity index (χ0v) is 9.52. The molecule has 2 fully saturated rings. The Bertz CT molecular complexity index is 365. The summed E-state index contributed by atoms with van der Waals surface area (Å²) in [5, 5.41) is 13.4. The standard InChI is InChI=1S/C14H19NO/c16-14-4-2-1-3-11(14)7-10-8-12-5-6-13(9-10)15-12/h1-4,10,12-13,15-16H,5-9H2. The van der Waals surface area contributed by atoms with Gasteiger partial charge >= 0.3 is 0 Å². The van der Waals surface area contributed by atoms with Crippen LogP contribution in [0, 0.1) is 5.92 Å². The molecule has 1 aromatic rings. The number of hydrogen-bond acceptors (Lipinski definition) is 2. The Balaban J connectivity index is 1.69. The smallest absolute Gasteiger partial charge is 0.118 e. The van der Waals surface area contributed by atoms with E-state index in [-0.39, 0.29) is 0 Å². The van der Waals surface area contributed by atoms with Crippen LogP contribution in [0.5, 0.6) is 5.75 Å². The summed E-state index contributed by atoms with van der Waals surface area (Å²) in [5.74, 6) is 1.22. The quantitative estimate of drug-likeness (QED) is 0.797. The first-order valence-corrected chi connectivity index (χ1v) is 6.34. The summed E-state index contributed by atoms with van der Waals surface area (Å²) in [6.07, 6.45) is 6.31. The Morgan fingerprint density at radius 2 is 1.81 bits per heavy atom. The molecule has 2 saturated heterocycles. The number of hydrogen-bond donors (Lipinski definition) is 2. The van der Waals surface area contributed by atoms with Crippen molar-refractivity contribution in [3.63, 3.8) is 0 Å². The minimum atomic E-state index is 0.466. The van der Waals surface area contributed by atoms with Gasteiger partial charge in [-0.3, -0.25) is 0 Å². The van der Waals surface area contributed by atoms with E-state index in [1.54, 1.807) is 6.07 Å². The lowest BCUT2D eigenvalue weighted by Gasteiger charge is -2.29. The van der Waals surface area contributed by atoms with Crippen LogP contribution in [0.1, 0.15) is 31.2 Å². The van der Waals surface area contributed by atoms with Gasteiger partial charge in [0.25, 0.3) is 0 Å². The molecule has 2 heterocycles. The van der Waals surface area contributed by atoms with Crippen LogP contribution in [0.4, 0.5) is 0 Å². The first kappa shape index (κ1) is 10.2. The molecule has 0 amide bonds. The fourth-order valence-electron chi connectivity index (χ4n) is 3.34. The van der Waals surface area contributed by atoms with Crippen LogP contribution in [0.15, 0.2) is 24.3 Å². The van der Waals surface area contributed by atoms with E-state index in [0.717, 1.165) is 30.0 Å². The Morgan fingerprint density at radius 1 is 1.12 bits per heavy atom. The minimum absolute atomic E-state index is 0.466. The maximum Gasteiger partial charge on any atom is 0.118 e. The maximum absolute atomic E-state index is 9.77. The first-order chi connectivity index (χ1) is 7.81. The summed E-state index contributed by atoms with van der Waals surface area (Å²) in [4.78, 5) is 0. The average Bonchev–Trinajstić information content (AvgIpc) is 2.62. The summed E-state index contributed by atoms with van der Waals surface area (Å²) < 4.78 is 0. The molecular weight excluding hydrogens is 198 g/mol. The number of phenolic OH excluding ortho intramolecular Hbond substituents is 1. The molecule has 2 N–H and O–H groups in total. The molecule has 16 heavy (non-hydrogen) atoms. The summed E-state index contributed by atoms with van der Waals surface area (Å²) in [6, 6.07) is 9.25. The molecule has 0 radical (unpaired) electrons. The van der Waals surface area contributed by atoms with E-state index >= 15 is 0 Å². The zero-order chi connectivity index (χ0) is 11.0. The molecular formula is C14H19NO. The fourth-order valence-corrected chi connectivity index (χ4v) is 3.34. The minimum Gasteiger partial charge on any atom is -0.508 e. The van der Waals surface area contributed by atoms with Crippen LogP contribution in [0.2, 0.25) is 0 Å². The van der Waals surface area contributed by atoms with E-state index < -0.39 is 0 Å². The van der Waals surface area contributed by atoms with E-state index in [9.17, 15) is 5.11 Å². The summed E-state index contributed by atoms with van der Waals surface area (Å²) in [5.41, 5.74) is 1.12. The van der Waals surface area contributed by atoms with Gasteiger partial charge in [0.1, 0.15) is 5.75 Å². The van der Waals surface area contributed by atoms with Gasteiger partial charge in [0.15, 0.2) is 0 Å². The lowest BCUT2D eigenvalue weighted by atomic mass is 9.87. The van der Waals surface area contributed by atoms with E-state index in [1.807, 2.05) is 12.1 Å². The van der Waals surface area contributed by atoms with E-state index in [4.69, 9.17) is 0 Å². The normalized spacial score (nSPS) is 32.9. The molecule has 2 atom stereocenters. The van der Waals surface area contributed by atoms with Crippen molar-refractivity contribution in [3.8, 4) is 5.75 Å². The second kappa shape index (κ2) is 4.10. The molecule has 1 aromatic carbocycles. The van der Waals surface area contributed by atoms with Gasteiger partial charge in [-0.05, 0) is 49.7 Å². The van der Waals surface area contributed by atoms with Gasteiger partial charge in [0.2, 0.25) is 0 Å². The second-order valence-electron chi connectivity index (χ2n) is 5.31. The van der Waals surface area contributed by atoms with Crippen molar-refractivity contribution >= 4 is 0 Å².